The molecule has 1 aliphatic rings. The highest BCUT2D eigenvalue weighted by Crippen LogP contribution is 2.09. The van der Waals surface area contributed by atoms with E-state index in [9.17, 15) is 9.59 Å². The van der Waals surface area contributed by atoms with Crippen molar-refractivity contribution in [1.29, 1.82) is 0 Å². The number of allylic oxidation sites excluding steroid dienone is 1. The molecule has 0 saturated heterocycles. The van der Waals surface area contributed by atoms with Crippen molar-refractivity contribution in [2.45, 2.75) is 6.42 Å². The van der Waals surface area contributed by atoms with Crippen LogP contribution in [0.4, 0.5) is 0 Å². The van der Waals surface area contributed by atoms with Gasteiger partial charge >= 0.3 is 11.9 Å². The molecule has 1 aliphatic heterocycles. The zero-order chi connectivity index (χ0) is 8.27. The maximum absolute atomic E-state index is 10.4. The van der Waals surface area contributed by atoms with Gasteiger partial charge in [0.25, 0.3) is 0 Å². The largest absolute Gasteiger partial charge is 0.481 e. The molecular formula is C7H6O4. The first-order valence-electron chi connectivity index (χ1n) is 3.00. The minimum Gasteiger partial charge on any atom is -0.481 e. The van der Waals surface area contributed by atoms with Crippen LogP contribution >= 0.6 is 0 Å². The molecule has 0 aliphatic carbocycles. The van der Waals surface area contributed by atoms with Crippen LogP contribution in [-0.4, -0.2) is 17.0 Å². The van der Waals surface area contributed by atoms with E-state index in [1.807, 2.05) is 0 Å². The number of hydrogen-bond donors (Lipinski definition) is 1. The second kappa shape index (κ2) is 3.01. The SMILES string of the molecule is O=C(O)C/C=C1\C=CC(=O)O1. The van der Waals surface area contributed by atoms with Crippen LogP contribution in [-0.2, 0) is 14.3 Å². The Morgan fingerprint density at radius 3 is 2.82 bits per heavy atom. The van der Waals surface area contributed by atoms with Crippen LogP contribution in [0.3, 0.4) is 0 Å². The second-order valence-electron chi connectivity index (χ2n) is 1.96. The van der Waals surface area contributed by atoms with Crippen molar-refractivity contribution in [3.63, 3.8) is 0 Å². The van der Waals surface area contributed by atoms with E-state index in [-0.39, 0.29) is 6.42 Å². The molecule has 0 aromatic heterocycles. The molecule has 0 aromatic rings. The zero-order valence-electron chi connectivity index (χ0n) is 5.61. The molecule has 58 valence electrons. The third-order valence-electron chi connectivity index (χ3n) is 1.08. The predicted octanol–water partition coefficient (Wildman–Crippen LogP) is 0.458. The normalized spacial score (nSPS) is 18.9. The summed E-state index contributed by atoms with van der Waals surface area (Å²) in [6.45, 7) is 0. The predicted molar refractivity (Wildman–Crippen MR) is 35.6 cm³/mol. The van der Waals surface area contributed by atoms with Gasteiger partial charge in [0.05, 0.1) is 6.42 Å². The molecule has 0 atom stereocenters. The maximum Gasteiger partial charge on any atom is 0.336 e. The molecule has 11 heavy (non-hydrogen) atoms. The van der Waals surface area contributed by atoms with Gasteiger partial charge in [0, 0.05) is 6.08 Å². The van der Waals surface area contributed by atoms with Gasteiger partial charge < -0.3 is 9.84 Å². The minimum absolute atomic E-state index is 0.132. The Balaban J connectivity index is 2.50. The Labute approximate surface area is 62.8 Å². The van der Waals surface area contributed by atoms with Crippen LogP contribution in [0, 0.1) is 0 Å². The van der Waals surface area contributed by atoms with E-state index < -0.39 is 11.9 Å². The Morgan fingerprint density at radius 1 is 1.64 bits per heavy atom. The lowest BCUT2D eigenvalue weighted by atomic mass is 10.3. The molecule has 0 spiro atoms. The van der Waals surface area contributed by atoms with E-state index in [1.165, 1.54) is 18.2 Å². The van der Waals surface area contributed by atoms with Gasteiger partial charge in [-0.3, -0.25) is 4.79 Å². The number of aliphatic carboxylic acids is 1. The zero-order valence-corrected chi connectivity index (χ0v) is 5.61. The number of cyclic esters (lactones) is 1. The van der Waals surface area contributed by atoms with Crippen molar-refractivity contribution >= 4 is 11.9 Å². The summed E-state index contributed by atoms with van der Waals surface area (Å²) in [6.07, 6.45) is 3.88. The fraction of sp³-hybridized carbons (Fsp3) is 0.143. The van der Waals surface area contributed by atoms with Crippen molar-refractivity contribution in [1.82, 2.24) is 0 Å². The average molecular weight is 154 g/mol. The fourth-order valence-electron chi connectivity index (χ4n) is 0.632. The molecule has 0 radical (unpaired) electrons. The molecule has 1 N–H and O–H groups in total. The fourth-order valence-corrected chi connectivity index (χ4v) is 0.632. The molecule has 4 nitrogen and oxygen atoms in total. The Hall–Kier alpha value is -1.58. The van der Waals surface area contributed by atoms with Crippen LogP contribution in [0.2, 0.25) is 0 Å². The van der Waals surface area contributed by atoms with Gasteiger partial charge in [-0.25, -0.2) is 4.79 Å². The third kappa shape index (κ3) is 2.25. The average Bonchev–Trinajstić information content (AvgIpc) is 2.31. The Bertz CT molecular complexity index is 249. The number of ether oxygens (including phenoxy) is 1. The number of carboxylic acid groups (broad SMARTS) is 1. The Morgan fingerprint density at radius 2 is 2.36 bits per heavy atom. The summed E-state index contributed by atoms with van der Waals surface area (Å²) in [7, 11) is 0. The summed E-state index contributed by atoms with van der Waals surface area (Å²) in [5, 5.41) is 8.23. The van der Waals surface area contributed by atoms with Gasteiger partial charge in [-0.2, -0.15) is 0 Å². The summed E-state index contributed by atoms with van der Waals surface area (Å²) in [6, 6.07) is 0. The highest BCUT2D eigenvalue weighted by atomic mass is 16.5. The van der Waals surface area contributed by atoms with Crippen LogP contribution in [0.15, 0.2) is 24.0 Å². The lowest BCUT2D eigenvalue weighted by Crippen LogP contribution is -1.94. The van der Waals surface area contributed by atoms with Gasteiger partial charge in [-0.05, 0) is 12.2 Å². The van der Waals surface area contributed by atoms with E-state index in [4.69, 9.17) is 5.11 Å². The molecule has 0 bridgehead atoms. The van der Waals surface area contributed by atoms with E-state index in [0.29, 0.717) is 5.76 Å². The molecule has 4 heteroatoms. The number of rotatable bonds is 2. The summed E-state index contributed by atoms with van der Waals surface area (Å²) in [5.74, 6) is -1.10. The topological polar surface area (TPSA) is 63.6 Å². The Kier molecular flexibility index (Phi) is 2.06. The second-order valence-corrected chi connectivity index (χ2v) is 1.96. The number of carbonyl (C=O) groups is 2. The summed E-state index contributed by atoms with van der Waals surface area (Å²) >= 11 is 0. The molecule has 0 fully saturated rings. The molecule has 0 unspecified atom stereocenters. The molecule has 1 rings (SSSR count). The number of carbonyl (C=O) groups excluding carboxylic acids is 1. The van der Waals surface area contributed by atoms with Crippen molar-refractivity contribution in [3.8, 4) is 0 Å². The lowest BCUT2D eigenvalue weighted by molar-refractivity contribution is -0.136. The van der Waals surface area contributed by atoms with Crippen LogP contribution in [0.1, 0.15) is 6.42 Å². The van der Waals surface area contributed by atoms with E-state index in [1.54, 1.807) is 0 Å². The van der Waals surface area contributed by atoms with Crippen LogP contribution in [0.25, 0.3) is 0 Å². The monoisotopic (exact) mass is 154 g/mol. The first-order chi connectivity index (χ1) is 5.18. The molecule has 0 amide bonds. The van der Waals surface area contributed by atoms with E-state index >= 15 is 0 Å². The quantitative estimate of drug-likeness (QED) is 0.587. The molecule has 1 heterocycles. The van der Waals surface area contributed by atoms with Crippen LogP contribution < -0.4 is 0 Å². The van der Waals surface area contributed by atoms with Gasteiger partial charge in [-0.15, -0.1) is 0 Å². The first-order valence-corrected chi connectivity index (χ1v) is 3.00. The van der Waals surface area contributed by atoms with Gasteiger partial charge in [0.15, 0.2) is 0 Å². The van der Waals surface area contributed by atoms with Crippen molar-refractivity contribution in [3.05, 3.63) is 24.0 Å². The summed E-state index contributed by atoms with van der Waals surface area (Å²) < 4.78 is 4.56. The highest BCUT2D eigenvalue weighted by molar-refractivity contribution is 5.86. The number of carboxylic acids is 1. The minimum atomic E-state index is -0.950. The molecule has 0 saturated carbocycles. The van der Waals surface area contributed by atoms with Crippen molar-refractivity contribution in [2.24, 2.45) is 0 Å². The van der Waals surface area contributed by atoms with Crippen LogP contribution in [0.5, 0.6) is 0 Å². The maximum atomic E-state index is 10.4. The van der Waals surface area contributed by atoms with Gasteiger partial charge in [-0.1, -0.05) is 0 Å². The molecule has 0 aromatic carbocycles. The highest BCUT2D eigenvalue weighted by Gasteiger charge is 2.08. The lowest BCUT2D eigenvalue weighted by Gasteiger charge is -1.92. The molecular weight excluding hydrogens is 148 g/mol. The van der Waals surface area contributed by atoms with Crippen molar-refractivity contribution in [2.75, 3.05) is 0 Å². The number of hydrogen-bond acceptors (Lipinski definition) is 3. The van der Waals surface area contributed by atoms with Gasteiger partial charge in [0.1, 0.15) is 5.76 Å². The number of esters is 1. The van der Waals surface area contributed by atoms with Crippen molar-refractivity contribution < 1.29 is 19.4 Å². The van der Waals surface area contributed by atoms with E-state index in [0.717, 1.165) is 0 Å². The van der Waals surface area contributed by atoms with E-state index in [2.05, 4.69) is 4.74 Å². The summed E-state index contributed by atoms with van der Waals surface area (Å²) in [5.41, 5.74) is 0. The van der Waals surface area contributed by atoms with Gasteiger partial charge in [0.2, 0.25) is 0 Å². The smallest absolute Gasteiger partial charge is 0.336 e. The third-order valence-corrected chi connectivity index (χ3v) is 1.08. The summed E-state index contributed by atoms with van der Waals surface area (Å²) in [4.78, 5) is 20.4. The first kappa shape index (κ1) is 7.53. The standard InChI is InChI=1S/C7H6O4/c8-6(9)3-1-5-2-4-7(10)11-5/h1-2,4H,3H2,(H,8,9)/b5-1+.